The third kappa shape index (κ3) is 4.11. The maximum Gasteiger partial charge on any atom is 0.119 e. The molecule has 0 fully saturated rings. The van der Waals surface area contributed by atoms with Crippen molar-refractivity contribution in [3.63, 3.8) is 0 Å². The van der Waals surface area contributed by atoms with Crippen molar-refractivity contribution >= 4 is 0 Å². The fourth-order valence-corrected chi connectivity index (χ4v) is 2.30. The first-order chi connectivity index (χ1) is 10.4. The second kappa shape index (κ2) is 6.97. The maximum absolute atomic E-state index is 6.19. The topological polar surface area (TPSA) is 35.2 Å². The van der Waals surface area contributed by atoms with Crippen LogP contribution in [0.25, 0.3) is 0 Å². The molecular formula is C20H27NO. The number of benzene rings is 2. The molecule has 0 saturated carbocycles. The quantitative estimate of drug-likeness (QED) is 0.834. The summed E-state index contributed by atoms with van der Waals surface area (Å²) in [5.41, 5.74) is 10.1. The zero-order valence-corrected chi connectivity index (χ0v) is 14.1. The predicted molar refractivity (Wildman–Crippen MR) is 93.4 cm³/mol. The summed E-state index contributed by atoms with van der Waals surface area (Å²) in [4.78, 5) is 0. The van der Waals surface area contributed by atoms with Crippen molar-refractivity contribution in [3.05, 3.63) is 65.2 Å². The minimum absolute atomic E-state index is 0.104. The minimum atomic E-state index is -0.104. The van der Waals surface area contributed by atoms with Gasteiger partial charge in [-0.2, -0.15) is 0 Å². The highest BCUT2D eigenvalue weighted by atomic mass is 16.5. The lowest BCUT2D eigenvalue weighted by molar-refractivity contribution is 0.290. The van der Waals surface area contributed by atoms with E-state index in [4.69, 9.17) is 10.5 Å². The molecule has 0 aliphatic heterocycles. The molecule has 2 N–H and O–H groups in total. The molecule has 118 valence electrons. The second-order valence-corrected chi connectivity index (χ2v) is 6.59. The molecule has 1 unspecified atom stereocenters. The molecule has 0 radical (unpaired) electrons. The van der Waals surface area contributed by atoms with E-state index in [0.717, 1.165) is 17.7 Å². The van der Waals surface area contributed by atoms with E-state index < -0.39 is 0 Å². The molecule has 0 saturated heterocycles. The van der Waals surface area contributed by atoms with Crippen molar-refractivity contribution < 1.29 is 4.74 Å². The fourth-order valence-electron chi connectivity index (χ4n) is 2.30. The number of hydrogen-bond acceptors (Lipinski definition) is 2. The summed E-state index contributed by atoms with van der Waals surface area (Å²) in [5.74, 6) is 0.873. The predicted octanol–water partition coefficient (Wildman–Crippen LogP) is 4.76. The third-order valence-corrected chi connectivity index (χ3v) is 4.45. The molecule has 22 heavy (non-hydrogen) atoms. The number of hydrogen-bond donors (Lipinski definition) is 1. The summed E-state index contributed by atoms with van der Waals surface area (Å²) in [6.07, 6.45) is 1.12. The molecule has 1 atom stereocenters. The average Bonchev–Trinajstić information content (AvgIpc) is 2.53. The smallest absolute Gasteiger partial charge is 0.119 e. The Kier molecular flexibility index (Phi) is 5.25. The van der Waals surface area contributed by atoms with E-state index in [-0.39, 0.29) is 11.5 Å². The first kappa shape index (κ1) is 16.6. The Hall–Kier alpha value is -1.80. The van der Waals surface area contributed by atoms with Gasteiger partial charge in [0.2, 0.25) is 0 Å². The number of aryl methyl sites for hydroxylation is 1. The van der Waals surface area contributed by atoms with Crippen molar-refractivity contribution in [2.24, 2.45) is 5.73 Å². The van der Waals surface area contributed by atoms with E-state index in [2.05, 4.69) is 64.1 Å². The highest BCUT2D eigenvalue weighted by Crippen LogP contribution is 2.28. The van der Waals surface area contributed by atoms with E-state index >= 15 is 0 Å². The molecule has 0 heterocycles. The van der Waals surface area contributed by atoms with Gasteiger partial charge in [0.1, 0.15) is 12.4 Å². The van der Waals surface area contributed by atoms with Gasteiger partial charge in [0.25, 0.3) is 0 Å². The summed E-state index contributed by atoms with van der Waals surface area (Å²) in [5, 5.41) is 0. The van der Waals surface area contributed by atoms with Crippen molar-refractivity contribution in [1.82, 2.24) is 0 Å². The largest absolute Gasteiger partial charge is 0.492 e. The molecule has 0 aromatic heterocycles. The SMILES string of the molecule is CCC(C)(C)c1ccc(OCC(N)c2ccc(C)cc2)cc1. The summed E-state index contributed by atoms with van der Waals surface area (Å²) >= 11 is 0. The standard InChI is InChI=1S/C20H27NO/c1-5-20(3,4)17-10-12-18(13-11-17)22-14-19(21)16-8-6-15(2)7-9-16/h6-13,19H,5,14,21H2,1-4H3. The van der Waals surface area contributed by atoms with Gasteiger partial charge in [0, 0.05) is 0 Å². The summed E-state index contributed by atoms with van der Waals surface area (Å²) < 4.78 is 5.83. The summed E-state index contributed by atoms with van der Waals surface area (Å²) in [7, 11) is 0. The van der Waals surface area contributed by atoms with Gasteiger partial charge < -0.3 is 10.5 Å². The fraction of sp³-hybridized carbons (Fsp3) is 0.400. The van der Waals surface area contributed by atoms with Crippen LogP contribution in [0, 0.1) is 6.92 Å². The number of nitrogens with two attached hydrogens (primary N) is 1. The zero-order chi connectivity index (χ0) is 16.2. The van der Waals surface area contributed by atoms with Gasteiger partial charge in [0.15, 0.2) is 0 Å². The van der Waals surface area contributed by atoms with Gasteiger partial charge in [-0.3, -0.25) is 0 Å². The Morgan fingerprint density at radius 1 is 1.00 bits per heavy atom. The highest BCUT2D eigenvalue weighted by Gasteiger charge is 2.17. The van der Waals surface area contributed by atoms with Crippen LogP contribution >= 0.6 is 0 Å². The third-order valence-electron chi connectivity index (χ3n) is 4.45. The van der Waals surface area contributed by atoms with Crippen molar-refractivity contribution in [3.8, 4) is 5.75 Å². The first-order valence-electron chi connectivity index (χ1n) is 7.98. The van der Waals surface area contributed by atoms with Crippen LogP contribution in [0.4, 0.5) is 0 Å². The Morgan fingerprint density at radius 2 is 1.59 bits per heavy atom. The van der Waals surface area contributed by atoms with Crippen molar-refractivity contribution in [2.75, 3.05) is 6.61 Å². The van der Waals surface area contributed by atoms with Crippen LogP contribution in [0.2, 0.25) is 0 Å². The van der Waals surface area contributed by atoms with E-state index in [1.165, 1.54) is 11.1 Å². The maximum atomic E-state index is 6.19. The lowest BCUT2D eigenvalue weighted by Gasteiger charge is -2.23. The Bertz CT molecular complexity index is 584. The molecule has 0 spiro atoms. The molecule has 0 bridgehead atoms. The van der Waals surface area contributed by atoms with Crippen LogP contribution in [0.15, 0.2) is 48.5 Å². The Labute approximate surface area is 134 Å². The monoisotopic (exact) mass is 297 g/mol. The molecule has 2 aromatic rings. The van der Waals surface area contributed by atoms with Gasteiger partial charge in [0.05, 0.1) is 6.04 Å². The molecule has 2 nitrogen and oxygen atoms in total. The molecule has 2 rings (SSSR count). The van der Waals surface area contributed by atoms with Gasteiger partial charge in [-0.05, 0) is 42.0 Å². The minimum Gasteiger partial charge on any atom is -0.492 e. The van der Waals surface area contributed by atoms with Gasteiger partial charge in [-0.25, -0.2) is 0 Å². The normalized spacial score (nSPS) is 13.0. The second-order valence-electron chi connectivity index (χ2n) is 6.59. The lowest BCUT2D eigenvalue weighted by Crippen LogP contribution is -2.19. The van der Waals surface area contributed by atoms with E-state index in [1.807, 2.05) is 12.1 Å². The van der Waals surface area contributed by atoms with Crippen LogP contribution in [-0.2, 0) is 5.41 Å². The molecule has 0 aliphatic carbocycles. The molecular weight excluding hydrogens is 270 g/mol. The lowest BCUT2D eigenvalue weighted by atomic mass is 9.82. The average molecular weight is 297 g/mol. The van der Waals surface area contributed by atoms with Crippen LogP contribution in [0.3, 0.4) is 0 Å². The van der Waals surface area contributed by atoms with Crippen LogP contribution in [0.1, 0.15) is 49.9 Å². The van der Waals surface area contributed by atoms with E-state index in [1.54, 1.807) is 0 Å². The number of ether oxygens (including phenoxy) is 1. The molecule has 0 amide bonds. The molecule has 0 aliphatic rings. The molecule has 2 heteroatoms. The summed E-state index contributed by atoms with van der Waals surface area (Å²) in [6, 6.07) is 16.6. The van der Waals surface area contributed by atoms with Crippen LogP contribution in [0.5, 0.6) is 5.75 Å². The molecule has 2 aromatic carbocycles. The van der Waals surface area contributed by atoms with Crippen molar-refractivity contribution in [1.29, 1.82) is 0 Å². The van der Waals surface area contributed by atoms with Gasteiger partial charge in [-0.1, -0.05) is 62.7 Å². The van der Waals surface area contributed by atoms with E-state index in [0.29, 0.717) is 6.61 Å². The van der Waals surface area contributed by atoms with Crippen LogP contribution < -0.4 is 10.5 Å². The van der Waals surface area contributed by atoms with Gasteiger partial charge in [-0.15, -0.1) is 0 Å². The highest BCUT2D eigenvalue weighted by molar-refractivity contribution is 5.32. The van der Waals surface area contributed by atoms with Gasteiger partial charge >= 0.3 is 0 Å². The Balaban J connectivity index is 1.95. The zero-order valence-electron chi connectivity index (χ0n) is 14.1. The van der Waals surface area contributed by atoms with E-state index in [9.17, 15) is 0 Å². The summed E-state index contributed by atoms with van der Waals surface area (Å²) in [6.45, 7) is 9.29. The van der Waals surface area contributed by atoms with Crippen LogP contribution in [-0.4, -0.2) is 6.61 Å². The Morgan fingerprint density at radius 3 is 2.14 bits per heavy atom. The first-order valence-corrected chi connectivity index (χ1v) is 7.98. The van der Waals surface area contributed by atoms with Crippen molar-refractivity contribution in [2.45, 2.75) is 45.6 Å². The number of rotatable bonds is 6.